The maximum absolute atomic E-state index is 11.4. The summed E-state index contributed by atoms with van der Waals surface area (Å²) >= 11 is -1.57. The van der Waals surface area contributed by atoms with Gasteiger partial charge in [0.05, 0.1) is 4.75 Å². The molecule has 4 fully saturated rings. The molecule has 4 saturated carbocycles. The van der Waals surface area contributed by atoms with Crippen LogP contribution in [-0.4, -0.2) is 13.5 Å². The van der Waals surface area contributed by atoms with E-state index >= 15 is 0 Å². The summed E-state index contributed by atoms with van der Waals surface area (Å²) in [4.78, 5) is 0. The smallest absolute Gasteiger partial charge is 0.159 e. The van der Waals surface area contributed by atoms with Crippen LogP contribution in [0.2, 0.25) is 0 Å². The molecule has 1 atom stereocenters. The summed E-state index contributed by atoms with van der Waals surface area (Å²) in [5.74, 6) is 2.34. The highest BCUT2D eigenvalue weighted by molar-refractivity contribution is 7.80. The lowest BCUT2D eigenvalue weighted by Crippen LogP contribution is -2.52. The van der Waals surface area contributed by atoms with Gasteiger partial charge in [-0.25, -0.2) is 4.21 Å². The zero-order valence-corrected chi connectivity index (χ0v) is 8.55. The molecule has 1 unspecified atom stereocenters. The summed E-state index contributed by atoms with van der Waals surface area (Å²) in [6.07, 6.45) is 7.12. The van der Waals surface area contributed by atoms with Gasteiger partial charge in [0, 0.05) is 0 Å². The number of hydrogen-bond donors (Lipinski definition) is 1. The summed E-state index contributed by atoms with van der Waals surface area (Å²) in [6, 6.07) is 0. The zero-order chi connectivity index (χ0) is 9.05. The zero-order valence-electron chi connectivity index (χ0n) is 7.74. The molecule has 0 aliphatic heterocycles. The monoisotopic (exact) mass is 200 g/mol. The average molecular weight is 200 g/mol. The second kappa shape index (κ2) is 2.57. The Balaban J connectivity index is 1.95. The molecule has 4 aliphatic rings. The van der Waals surface area contributed by atoms with Crippen LogP contribution in [0.15, 0.2) is 0 Å². The molecule has 0 aromatic heterocycles. The number of rotatable bonds is 1. The van der Waals surface area contributed by atoms with Gasteiger partial charge in [0.2, 0.25) is 0 Å². The average Bonchev–Trinajstić information content (AvgIpc) is 2.00. The topological polar surface area (TPSA) is 37.3 Å². The van der Waals surface area contributed by atoms with Crippen molar-refractivity contribution in [1.82, 2.24) is 0 Å². The van der Waals surface area contributed by atoms with Crippen LogP contribution in [0, 0.1) is 17.8 Å². The highest BCUT2D eigenvalue weighted by atomic mass is 32.2. The van der Waals surface area contributed by atoms with Gasteiger partial charge in [-0.15, -0.1) is 0 Å². The van der Waals surface area contributed by atoms with Crippen molar-refractivity contribution in [3.05, 3.63) is 0 Å². The SMILES string of the molecule is O=S(O)C12CC3CC(CC(C3)C1)C2. The second-order valence-corrected chi connectivity index (χ2v) is 6.71. The van der Waals surface area contributed by atoms with Crippen molar-refractivity contribution in [3.8, 4) is 0 Å². The van der Waals surface area contributed by atoms with E-state index in [1.807, 2.05) is 0 Å². The Morgan fingerprint density at radius 2 is 1.38 bits per heavy atom. The summed E-state index contributed by atoms with van der Waals surface area (Å²) in [5.41, 5.74) is 0. The fraction of sp³-hybridized carbons (Fsp3) is 1.00. The minimum atomic E-state index is -1.57. The Morgan fingerprint density at radius 1 is 1.00 bits per heavy atom. The molecule has 0 amide bonds. The van der Waals surface area contributed by atoms with Crippen molar-refractivity contribution in [3.63, 3.8) is 0 Å². The molecule has 0 radical (unpaired) electrons. The van der Waals surface area contributed by atoms with Gasteiger partial charge in [-0.3, -0.25) is 0 Å². The highest BCUT2D eigenvalue weighted by Crippen LogP contribution is 2.57. The predicted molar refractivity (Wildman–Crippen MR) is 51.7 cm³/mol. The van der Waals surface area contributed by atoms with Crippen LogP contribution >= 0.6 is 0 Å². The summed E-state index contributed by atoms with van der Waals surface area (Å²) in [6.45, 7) is 0. The van der Waals surface area contributed by atoms with Gasteiger partial charge in [-0.05, 0) is 56.3 Å². The van der Waals surface area contributed by atoms with E-state index in [-0.39, 0.29) is 4.75 Å². The molecule has 0 aromatic rings. The lowest BCUT2D eigenvalue weighted by molar-refractivity contribution is 0.0333. The third-order valence-electron chi connectivity index (χ3n) is 4.35. The van der Waals surface area contributed by atoms with Crippen molar-refractivity contribution in [2.45, 2.75) is 43.3 Å². The van der Waals surface area contributed by atoms with Crippen LogP contribution in [0.5, 0.6) is 0 Å². The molecule has 0 saturated heterocycles. The van der Waals surface area contributed by atoms with E-state index in [4.69, 9.17) is 0 Å². The summed E-state index contributed by atoms with van der Waals surface area (Å²) in [7, 11) is 0. The Hall–Kier alpha value is 0.110. The van der Waals surface area contributed by atoms with E-state index in [9.17, 15) is 8.76 Å². The molecule has 13 heavy (non-hydrogen) atoms. The molecule has 4 bridgehead atoms. The van der Waals surface area contributed by atoms with Gasteiger partial charge in [-0.2, -0.15) is 0 Å². The number of hydrogen-bond acceptors (Lipinski definition) is 1. The van der Waals surface area contributed by atoms with Crippen LogP contribution in [-0.2, 0) is 11.1 Å². The third-order valence-corrected chi connectivity index (χ3v) is 5.59. The van der Waals surface area contributed by atoms with E-state index in [2.05, 4.69) is 0 Å². The largest absolute Gasteiger partial charge is 0.306 e. The van der Waals surface area contributed by atoms with Gasteiger partial charge in [0.15, 0.2) is 11.1 Å². The molecule has 4 aliphatic carbocycles. The molecule has 0 aromatic carbocycles. The Bertz CT molecular complexity index is 226. The van der Waals surface area contributed by atoms with E-state index in [0.717, 1.165) is 37.0 Å². The lowest BCUT2D eigenvalue weighted by atomic mass is 9.56. The molecular weight excluding hydrogens is 184 g/mol. The second-order valence-electron chi connectivity index (χ2n) is 5.35. The van der Waals surface area contributed by atoms with Crippen molar-refractivity contribution in [2.75, 3.05) is 0 Å². The summed E-state index contributed by atoms with van der Waals surface area (Å²) < 4.78 is 20.6. The maximum atomic E-state index is 11.4. The minimum absolute atomic E-state index is 0.172. The first kappa shape index (κ1) is 8.42. The molecule has 0 heterocycles. The predicted octanol–water partition coefficient (Wildman–Crippen LogP) is 2.18. The van der Waals surface area contributed by atoms with Crippen molar-refractivity contribution in [1.29, 1.82) is 0 Å². The van der Waals surface area contributed by atoms with Crippen molar-refractivity contribution < 1.29 is 8.76 Å². The van der Waals surface area contributed by atoms with E-state index < -0.39 is 11.1 Å². The molecule has 3 heteroatoms. The molecule has 4 rings (SSSR count). The maximum Gasteiger partial charge on any atom is 0.159 e. The Morgan fingerprint density at radius 3 is 1.69 bits per heavy atom. The fourth-order valence-electron chi connectivity index (χ4n) is 4.25. The van der Waals surface area contributed by atoms with Crippen LogP contribution < -0.4 is 0 Å². The Labute approximate surface area is 81.4 Å². The van der Waals surface area contributed by atoms with Gasteiger partial charge >= 0.3 is 0 Å². The molecular formula is C10H16O2S. The Kier molecular flexibility index (Phi) is 1.67. The van der Waals surface area contributed by atoms with Gasteiger partial charge in [0.1, 0.15) is 0 Å². The normalized spacial score (nSPS) is 55.3. The molecule has 0 spiro atoms. The lowest BCUT2D eigenvalue weighted by Gasteiger charge is -2.54. The van der Waals surface area contributed by atoms with Gasteiger partial charge in [0.25, 0.3) is 0 Å². The third kappa shape index (κ3) is 1.13. The van der Waals surface area contributed by atoms with Crippen LogP contribution in [0.3, 0.4) is 0 Å². The van der Waals surface area contributed by atoms with E-state index in [0.29, 0.717) is 0 Å². The van der Waals surface area contributed by atoms with E-state index in [1.54, 1.807) is 0 Å². The standard InChI is InChI=1S/C10H16O2S/c11-13(12)10-4-7-1-8(5-10)3-9(2-7)6-10/h7-9H,1-6H2,(H,11,12). The van der Waals surface area contributed by atoms with Crippen molar-refractivity contribution in [2.24, 2.45) is 17.8 Å². The van der Waals surface area contributed by atoms with E-state index in [1.165, 1.54) is 19.3 Å². The van der Waals surface area contributed by atoms with Crippen LogP contribution in [0.1, 0.15) is 38.5 Å². The van der Waals surface area contributed by atoms with Crippen molar-refractivity contribution >= 4 is 11.1 Å². The first-order valence-electron chi connectivity index (χ1n) is 5.29. The minimum Gasteiger partial charge on any atom is -0.306 e. The molecule has 1 N–H and O–H groups in total. The molecule has 2 nitrogen and oxygen atoms in total. The first-order valence-corrected chi connectivity index (χ1v) is 6.39. The first-order chi connectivity index (χ1) is 6.18. The highest BCUT2D eigenvalue weighted by Gasteiger charge is 2.54. The fourth-order valence-corrected chi connectivity index (χ4v) is 5.38. The van der Waals surface area contributed by atoms with Crippen LogP contribution in [0.4, 0.5) is 0 Å². The van der Waals surface area contributed by atoms with Crippen LogP contribution in [0.25, 0.3) is 0 Å². The van der Waals surface area contributed by atoms with Gasteiger partial charge in [-0.1, -0.05) is 0 Å². The summed E-state index contributed by atoms with van der Waals surface area (Å²) in [5, 5.41) is 0. The quantitative estimate of drug-likeness (QED) is 0.659. The van der Waals surface area contributed by atoms with Gasteiger partial charge < -0.3 is 4.55 Å². The molecule has 74 valence electrons.